The zero-order chi connectivity index (χ0) is 19.7. The van der Waals surface area contributed by atoms with E-state index < -0.39 is 38.1 Å². The Balaban J connectivity index is 6.65. The Morgan fingerprint density at radius 1 is 0.840 bits per heavy atom. The van der Waals surface area contributed by atoms with Gasteiger partial charge in [0.25, 0.3) is 0 Å². The Labute approximate surface area is 146 Å². The SMILES string of the molecule is CCOP(=O)(OCC)C(/C(=C/C(=O)O)C(=O)O)P(=O)(OCC)OCC. The lowest BCUT2D eigenvalue weighted by Gasteiger charge is -2.31. The van der Waals surface area contributed by atoms with E-state index in [1.54, 1.807) is 0 Å². The minimum atomic E-state index is -4.40. The predicted octanol–water partition coefficient (Wildman–Crippen LogP) is 2.94. The molecule has 0 rings (SSSR count). The van der Waals surface area contributed by atoms with Crippen LogP contribution in [0.15, 0.2) is 11.6 Å². The number of carbonyl (C=O) groups is 2. The number of hydrogen-bond acceptors (Lipinski definition) is 8. The molecule has 0 bridgehead atoms. The van der Waals surface area contributed by atoms with Crippen molar-refractivity contribution in [1.82, 2.24) is 0 Å². The van der Waals surface area contributed by atoms with Gasteiger partial charge in [-0.05, 0) is 27.7 Å². The molecule has 0 heterocycles. The van der Waals surface area contributed by atoms with Crippen LogP contribution in [0.3, 0.4) is 0 Å². The summed E-state index contributed by atoms with van der Waals surface area (Å²) >= 11 is 0. The highest BCUT2D eigenvalue weighted by Crippen LogP contribution is 2.72. The van der Waals surface area contributed by atoms with Crippen molar-refractivity contribution >= 4 is 27.1 Å². The topological polar surface area (TPSA) is 146 Å². The molecular formula is C13H24O10P2. The lowest BCUT2D eigenvalue weighted by atomic mass is 10.3. The first-order valence-electron chi connectivity index (χ1n) is 7.57. The van der Waals surface area contributed by atoms with Crippen molar-refractivity contribution < 1.29 is 47.0 Å². The summed E-state index contributed by atoms with van der Waals surface area (Å²) in [6.45, 7) is 5.23. The van der Waals surface area contributed by atoms with Gasteiger partial charge in [-0.25, -0.2) is 9.59 Å². The summed E-state index contributed by atoms with van der Waals surface area (Å²) in [5.41, 5.74) is -0.956. The van der Waals surface area contributed by atoms with Crippen molar-refractivity contribution in [2.75, 3.05) is 26.4 Å². The van der Waals surface area contributed by atoms with Gasteiger partial charge < -0.3 is 28.3 Å². The van der Waals surface area contributed by atoms with Crippen molar-refractivity contribution in [2.24, 2.45) is 0 Å². The monoisotopic (exact) mass is 402 g/mol. The van der Waals surface area contributed by atoms with Crippen LogP contribution < -0.4 is 0 Å². The second-order valence-corrected chi connectivity index (χ2v) is 9.00. The Morgan fingerprint density at radius 2 is 1.16 bits per heavy atom. The van der Waals surface area contributed by atoms with E-state index in [1.165, 1.54) is 27.7 Å². The van der Waals surface area contributed by atoms with Crippen molar-refractivity contribution in [1.29, 1.82) is 0 Å². The van der Waals surface area contributed by atoms with Gasteiger partial charge in [-0.15, -0.1) is 0 Å². The Hall–Kier alpha value is -1.02. The van der Waals surface area contributed by atoms with Gasteiger partial charge >= 0.3 is 27.1 Å². The zero-order valence-corrected chi connectivity index (χ0v) is 16.3. The summed E-state index contributed by atoms with van der Waals surface area (Å²) in [6, 6.07) is 0. The van der Waals surface area contributed by atoms with E-state index in [1.807, 2.05) is 0 Å². The third-order valence-electron chi connectivity index (χ3n) is 2.64. The van der Waals surface area contributed by atoms with Crippen LogP contribution in [0.5, 0.6) is 0 Å². The number of carboxylic acids is 2. The van der Waals surface area contributed by atoms with Crippen LogP contribution in [-0.2, 0) is 36.8 Å². The maximum Gasteiger partial charge on any atom is 0.350 e. The van der Waals surface area contributed by atoms with E-state index in [-0.39, 0.29) is 32.5 Å². The molecule has 12 heteroatoms. The average molecular weight is 402 g/mol. The first kappa shape index (κ1) is 24.0. The Morgan fingerprint density at radius 3 is 1.36 bits per heavy atom. The fraction of sp³-hybridized carbons (Fsp3) is 0.692. The molecule has 0 aromatic heterocycles. The van der Waals surface area contributed by atoms with E-state index in [0.717, 1.165) is 0 Å². The number of aliphatic carboxylic acids is 2. The number of hydrogen-bond donors (Lipinski definition) is 2. The average Bonchev–Trinajstić information content (AvgIpc) is 2.46. The van der Waals surface area contributed by atoms with Gasteiger partial charge in [0.05, 0.1) is 32.0 Å². The predicted molar refractivity (Wildman–Crippen MR) is 88.9 cm³/mol. The number of rotatable bonds is 13. The molecular weight excluding hydrogens is 378 g/mol. The summed E-state index contributed by atoms with van der Waals surface area (Å²) < 4.78 is 46.7. The fourth-order valence-corrected chi connectivity index (χ4v) is 7.36. The molecule has 0 aromatic carbocycles. The summed E-state index contributed by atoms with van der Waals surface area (Å²) in [6.07, 6.45) is 0.280. The van der Waals surface area contributed by atoms with Gasteiger partial charge in [-0.2, -0.15) is 0 Å². The summed E-state index contributed by atoms with van der Waals surface area (Å²) in [4.78, 5) is 22.6. The van der Waals surface area contributed by atoms with Crippen molar-refractivity contribution in [2.45, 2.75) is 33.1 Å². The first-order chi connectivity index (χ1) is 11.6. The molecule has 146 valence electrons. The summed E-state index contributed by atoms with van der Waals surface area (Å²) in [7, 11) is -8.80. The molecule has 25 heavy (non-hydrogen) atoms. The van der Waals surface area contributed by atoms with E-state index >= 15 is 0 Å². The van der Waals surface area contributed by atoms with Crippen LogP contribution >= 0.6 is 15.2 Å². The normalized spacial score (nSPS) is 13.2. The maximum absolute atomic E-state index is 13.2. The highest BCUT2D eigenvalue weighted by Gasteiger charge is 2.55. The Kier molecular flexibility index (Phi) is 10.4. The molecule has 0 amide bonds. The molecule has 2 N–H and O–H groups in total. The Bertz CT molecular complexity index is 535. The van der Waals surface area contributed by atoms with Gasteiger partial charge in [-0.3, -0.25) is 9.13 Å². The van der Waals surface area contributed by atoms with Gasteiger partial charge in [0.2, 0.25) is 0 Å². The molecule has 0 aliphatic rings. The van der Waals surface area contributed by atoms with Crippen LogP contribution in [-0.4, -0.2) is 54.0 Å². The van der Waals surface area contributed by atoms with E-state index in [4.69, 9.17) is 23.2 Å². The highest BCUT2D eigenvalue weighted by atomic mass is 31.2. The standard InChI is InChI=1S/C13H24O10P2/c1-5-20-24(18,21-6-2)13(10(12(16)17)9-11(14)15)25(19,22-7-3)23-8-4/h9,13H,5-8H2,1-4H3,(H,14,15)(H,16,17)/b10-9+. The first-order valence-corrected chi connectivity index (χ1v) is 10.8. The minimum Gasteiger partial charge on any atom is -0.478 e. The van der Waals surface area contributed by atoms with Crippen LogP contribution in [0.2, 0.25) is 0 Å². The van der Waals surface area contributed by atoms with Gasteiger partial charge in [-0.1, -0.05) is 0 Å². The highest BCUT2D eigenvalue weighted by molar-refractivity contribution is 7.73. The van der Waals surface area contributed by atoms with E-state index in [0.29, 0.717) is 0 Å². The van der Waals surface area contributed by atoms with Crippen molar-refractivity contribution in [3.05, 3.63) is 11.6 Å². The maximum atomic E-state index is 13.2. The van der Waals surface area contributed by atoms with Gasteiger partial charge in [0.1, 0.15) is 0 Å². The van der Waals surface area contributed by atoms with Crippen LogP contribution in [0.25, 0.3) is 0 Å². The second-order valence-electron chi connectivity index (χ2n) is 4.37. The van der Waals surface area contributed by atoms with Crippen molar-refractivity contribution in [3.63, 3.8) is 0 Å². The third-order valence-corrected chi connectivity index (χ3v) is 8.56. The summed E-state index contributed by atoms with van der Waals surface area (Å²) in [5.74, 6) is -3.40. The lowest BCUT2D eigenvalue weighted by Crippen LogP contribution is -2.25. The minimum absolute atomic E-state index is 0.161. The van der Waals surface area contributed by atoms with Crippen molar-refractivity contribution in [3.8, 4) is 0 Å². The van der Waals surface area contributed by atoms with E-state index in [9.17, 15) is 23.8 Å². The van der Waals surface area contributed by atoms with Crippen LogP contribution in [0.1, 0.15) is 27.7 Å². The summed E-state index contributed by atoms with van der Waals surface area (Å²) in [5, 5.41) is 16.3. The van der Waals surface area contributed by atoms with Crippen LogP contribution in [0, 0.1) is 0 Å². The smallest absolute Gasteiger partial charge is 0.350 e. The molecule has 0 saturated heterocycles. The molecule has 0 aliphatic heterocycles. The number of carboxylic acid groups (broad SMARTS) is 2. The fourth-order valence-electron chi connectivity index (χ4n) is 1.97. The zero-order valence-electron chi connectivity index (χ0n) is 14.5. The quantitative estimate of drug-likeness (QED) is 0.348. The molecule has 10 nitrogen and oxygen atoms in total. The molecule has 0 fully saturated rings. The molecule has 0 radical (unpaired) electrons. The molecule has 0 aliphatic carbocycles. The third kappa shape index (κ3) is 6.66. The molecule has 0 unspecified atom stereocenters. The molecule has 0 aromatic rings. The van der Waals surface area contributed by atoms with Crippen LogP contribution in [0.4, 0.5) is 0 Å². The lowest BCUT2D eigenvalue weighted by molar-refractivity contribution is -0.135. The molecule has 0 atom stereocenters. The molecule has 0 saturated carbocycles. The van der Waals surface area contributed by atoms with E-state index in [2.05, 4.69) is 0 Å². The molecule has 0 spiro atoms. The second kappa shape index (κ2) is 10.9. The van der Waals surface area contributed by atoms with Gasteiger partial charge in [0.15, 0.2) is 5.40 Å². The van der Waals surface area contributed by atoms with Gasteiger partial charge in [0, 0.05) is 6.08 Å². The largest absolute Gasteiger partial charge is 0.478 e.